The Morgan fingerprint density at radius 3 is 2.21 bits per heavy atom. The van der Waals surface area contributed by atoms with Gasteiger partial charge in [0.15, 0.2) is 0 Å². The van der Waals surface area contributed by atoms with Crippen LogP contribution in [0.3, 0.4) is 0 Å². The lowest BCUT2D eigenvalue weighted by atomic mass is 9.93. The lowest BCUT2D eigenvalue weighted by molar-refractivity contribution is 0.164. The molecule has 76 valence electrons. The van der Waals surface area contributed by atoms with Gasteiger partial charge in [-0.15, -0.1) is 0 Å². The predicted octanol–water partition coefficient (Wildman–Crippen LogP) is 2.93. The van der Waals surface area contributed by atoms with Gasteiger partial charge in [-0.25, -0.2) is 0 Å². The molecular formula is C13H18O. The van der Waals surface area contributed by atoms with E-state index in [2.05, 4.69) is 32.0 Å². The maximum atomic E-state index is 9.82. The molecule has 1 nitrogen and oxygen atoms in total. The highest BCUT2D eigenvalue weighted by Gasteiger charge is 2.26. The Labute approximate surface area is 85.8 Å². The summed E-state index contributed by atoms with van der Waals surface area (Å²) in [6.07, 6.45) is 3.16. The molecular weight excluding hydrogens is 172 g/mol. The van der Waals surface area contributed by atoms with E-state index in [1.165, 1.54) is 23.1 Å². The van der Waals surface area contributed by atoms with Crippen LogP contribution in [0.2, 0.25) is 0 Å². The van der Waals surface area contributed by atoms with E-state index in [9.17, 15) is 5.11 Å². The Morgan fingerprint density at radius 2 is 1.71 bits per heavy atom. The number of aliphatic hydroxyl groups excluding tert-OH is 1. The van der Waals surface area contributed by atoms with E-state index in [0.29, 0.717) is 5.92 Å². The van der Waals surface area contributed by atoms with Crippen molar-refractivity contribution in [1.82, 2.24) is 0 Å². The van der Waals surface area contributed by atoms with Crippen LogP contribution in [0.15, 0.2) is 18.2 Å². The number of hydrogen-bond donors (Lipinski definition) is 1. The molecule has 0 unspecified atom stereocenters. The molecule has 0 heterocycles. The summed E-state index contributed by atoms with van der Waals surface area (Å²) in [5.74, 6) is 0.383. The van der Waals surface area contributed by atoms with E-state index < -0.39 is 0 Å². The minimum absolute atomic E-state index is 0.115. The molecule has 2 atom stereocenters. The van der Waals surface area contributed by atoms with E-state index in [4.69, 9.17) is 0 Å². The van der Waals surface area contributed by atoms with Gasteiger partial charge in [-0.1, -0.05) is 35.7 Å². The third kappa shape index (κ3) is 1.83. The van der Waals surface area contributed by atoms with Crippen LogP contribution in [0, 0.1) is 13.8 Å². The Morgan fingerprint density at radius 1 is 1.07 bits per heavy atom. The van der Waals surface area contributed by atoms with E-state index >= 15 is 0 Å². The average Bonchev–Trinajstić information content (AvgIpc) is 2.49. The van der Waals surface area contributed by atoms with Gasteiger partial charge < -0.3 is 5.11 Å². The molecule has 1 fully saturated rings. The number of aliphatic hydroxyl groups is 1. The van der Waals surface area contributed by atoms with Gasteiger partial charge in [-0.2, -0.15) is 0 Å². The third-order valence-electron chi connectivity index (χ3n) is 3.15. The highest BCUT2D eigenvalue weighted by Crippen LogP contribution is 2.35. The molecule has 1 heteroatoms. The van der Waals surface area contributed by atoms with Gasteiger partial charge >= 0.3 is 0 Å². The summed E-state index contributed by atoms with van der Waals surface area (Å²) in [5.41, 5.74) is 3.94. The first-order valence-electron chi connectivity index (χ1n) is 5.43. The summed E-state index contributed by atoms with van der Waals surface area (Å²) in [6.45, 7) is 4.25. The maximum Gasteiger partial charge on any atom is 0.0608 e. The Kier molecular flexibility index (Phi) is 2.60. The van der Waals surface area contributed by atoms with Gasteiger partial charge in [0.1, 0.15) is 0 Å². The molecule has 0 bridgehead atoms. The van der Waals surface area contributed by atoms with Gasteiger partial charge in [0.25, 0.3) is 0 Å². The van der Waals surface area contributed by atoms with Gasteiger partial charge in [0.05, 0.1) is 6.10 Å². The summed E-state index contributed by atoms with van der Waals surface area (Å²) < 4.78 is 0. The van der Waals surface area contributed by atoms with Gasteiger partial charge in [0.2, 0.25) is 0 Å². The van der Waals surface area contributed by atoms with Crippen LogP contribution < -0.4 is 0 Å². The smallest absolute Gasteiger partial charge is 0.0608 e. The summed E-state index contributed by atoms with van der Waals surface area (Å²) in [4.78, 5) is 0. The van der Waals surface area contributed by atoms with E-state index in [1.807, 2.05) is 0 Å². The van der Waals surface area contributed by atoms with E-state index in [1.54, 1.807) is 0 Å². The lowest BCUT2D eigenvalue weighted by Gasteiger charge is -2.16. The molecule has 1 aromatic rings. The number of aryl methyl sites for hydroxylation is 2. The first-order chi connectivity index (χ1) is 6.66. The normalized spacial score (nSPS) is 26.8. The summed E-state index contributed by atoms with van der Waals surface area (Å²) >= 11 is 0. The Balaban J connectivity index is 2.31. The van der Waals surface area contributed by atoms with Gasteiger partial charge in [0, 0.05) is 5.92 Å². The second-order valence-corrected chi connectivity index (χ2v) is 4.53. The zero-order valence-electron chi connectivity index (χ0n) is 8.96. The second kappa shape index (κ2) is 3.74. The summed E-state index contributed by atoms with van der Waals surface area (Å²) in [5, 5.41) is 9.82. The molecule has 1 aliphatic carbocycles. The first-order valence-corrected chi connectivity index (χ1v) is 5.43. The SMILES string of the molecule is Cc1cc(C)cc([C@@H]2CCC[C@@H]2O)c1. The molecule has 1 saturated carbocycles. The van der Waals surface area contributed by atoms with Gasteiger partial charge in [-0.3, -0.25) is 0 Å². The fourth-order valence-corrected chi connectivity index (χ4v) is 2.55. The van der Waals surface area contributed by atoms with E-state index in [-0.39, 0.29) is 6.10 Å². The van der Waals surface area contributed by atoms with Crippen molar-refractivity contribution < 1.29 is 5.11 Å². The molecule has 1 N–H and O–H groups in total. The largest absolute Gasteiger partial charge is 0.392 e. The monoisotopic (exact) mass is 190 g/mol. The van der Waals surface area contributed by atoms with Gasteiger partial charge in [-0.05, 0) is 32.3 Å². The predicted molar refractivity (Wildman–Crippen MR) is 58.5 cm³/mol. The average molecular weight is 190 g/mol. The van der Waals surface area contributed by atoms with Crippen molar-refractivity contribution in [3.8, 4) is 0 Å². The van der Waals surface area contributed by atoms with Crippen LogP contribution in [-0.2, 0) is 0 Å². The van der Waals surface area contributed by atoms with Crippen LogP contribution in [0.25, 0.3) is 0 Å². The minimum atomic E-state index is -0.115. The van der Waals surface area contributed by atoms with Crippen LogP contribution in [0.5, 0.6) is 0 Å². The van der Waals surface area contributed by atoms with Crippen LogP contribution >= 0.6 is 0 Å². The van der Waals surface area contributed by atoms with Crippen LogP contribution in [0.1, 0.15) is 41.9 Å². The van der Waals surface area contributed by atoms with Crippen LogP contribution in [0.4, 0.5) is 0 Å². The molecule has 0 amide bonds. The van der Waals surface area contributed by atoms with Crippen LogP contribution in [-0.4, -0.2) is 11.2 Å². The molecule has 1 aromatic carbocycles. The van der Waals surface area contributed by atoms with Crippen molar-refractivity contribution >= 4 is 0 Å². The molecule has 0 saturated heterocycles. The number of benzene rings is 1. The number of hydrogen-bond acceptors (Lipinski definition) is 1. The molecule has 0 aliphatic heterocycles. The third-order valence-corrected chi connectivity index (χ3v) is 3.15. The minimum Gasteiger partial charge on any atom is -0.392 e. The topological polar surface area (TPSA) is 20.2 Å². The lowest BCUT2D eigenvalue weighted by Crippen LogP contribution is -2.11. The molecule has 0 aromatic heterocycles. The summed E-state index contributed by atoms with van der Waals surface area (Å²) in [7, 11) is 0. The molecule has 2 rings (SSSR count). The highest BCUT2D eigenvalue weighted by molar-refractivity contribution is 5.32. The molecule has 14 heavy (non-hydrogen) atoms. The zero-order chi connectivity index (χ0) is 10.1. The van der Waals surface area contributed by atoms with Crippen molar-refractivity contribution in [2.24, 2.45) is 0 Å². The van der Waals surface area contributed by atoms with Crippen molar-refractivity contribution in [1.29, 1.82) is 0 Å². The molecule has 0 radical (unpaired) electrons. The van der Waals surface area contributed by atoms with Crippen molar-refractivity contribution in [2.45, 2.75) is 45.1 Å². The standard InChI is InChI=1S/C13H18O/c1-9-6-10(2)8-11(7-9)12-4-3-5-13(12)14/h6-8,12-14H,3-5H2,1-2H3/t12-,13-/m0/s1. The number of rotatable bonds is 1. The molecule has 0 spiro atoms. The fraction of sp³-hybridized carbons (Fsp3) is 0.538. The Hall–Kier alpha value is -0.820. The fourth-order valence-electron chi connectivity index (χ4n) is 2.55. The zero-order valence-corrected chi connectivity index (χ0v) is 8.96. The van der Waals surface area contributed by atoms with E-state index in [0.717, 1.165) is 12.8 Å². The van der Waals surface area contributed by atoms with Crippen molar-refractivity contribution in [2.75, 3.05) is 0 Å². The first kappa shape index (κ1) is 9.72. The second-order valence-electron chi connectivity index (χ2n) is 4.53. The Bertz CT molecular complexity index is 310. The van der Waals surface area contributed by atoms with Crippen molar-refractivity contribution in [3.63, 3.8) is 0 Å². The highest BCUT2D eigenvalue weighted by atomic mass is 16.3. The molecule has 1 aliphatic rings. The van der Waals surface area contributed by atoms with Crippen molar-refractivity contribution in [3.05, 3.63) is 34.9 Å². The summed E-state index contributed by atoms with van der Waals surface area (Å²) in [6, 6.07) is 6.61. The quantitative estimate of drug-likeness (QED) is 0.722. The maximum absolute atomic E-state index is 9.82.